The molecule has 1 N–H and O–H groups in total. The number of hydrogen-bond acceptors (Lipinski definition) is 8. The van der Waals surface area contributed by atoms with E-state index >= 15 is 0 Å². The molecule has 3 aromatic rings. The van der Waals surface area contributed by atoms with E-state index < -0.39 is 6.10 Å². The molecule has 2 amide bonds. The fourth-order valence-electron chi connectivity index (χ4n) is 3.58. The molecular weight excluding hydrogens is 434 g/mol. The second-order valence-electron chi connectivity index (χ2n) is 7.32. The molecule has 5 rings (SSSR count). The number of aromatic amines is 1. The van der Waals surface area contributed by atoms with Crippen LogP contribution in [-0.2, 0) is 9.59 Å². The normalized spacial score (nSPS) is 17.9. The van der Waals surface area contributed by atoms with Crippen LogP contribution in [0.2, 0.25) is 0 Å². The quantitative estimate of drug-likeness (QED) is 0.578. The van der Waals surface area contributed by atoms with Crippen molar-refractivity contribution in [2.24, 2.45) is 0 Å². The number of benzene rings is 1. The summed E-state index contributed by atoms with van der Waals surface area (Å²) in [7, 11) is 0. The maximum Gasteiger partial charge on any atom is 0.277 e. The number of nitrogens with zero attached hydrogens (tertiary/aromatic N) is 4. The third-order valence-corrected chi connectivity index (χ3v) is 6.09. The van der Waals surface area contributed by atoms with Gasteiger partial charge in [-0.25, -0.2) is 0 Å². The summed E-state index contributed by atoms with van der Waals surface area (Å²) in [6, 6.07) is 11.0. The Morgan fingerprint density at radius 1 is 1.03 bits per heavy atom. The molecule has 0 saturated carbocycles. The highest BCUT2D eigenvalue weighted by Crippen LogP contribution is 2.31. The average Bonchev–Trinajstić information content (AvgIpc) is 3.54. The van der Waals surface area contributed by atoms with Crippen molar-refractivity contribution in [2.45, 2.75) is 11.3 Å². The predicted molar refractivity (Wildman–Crippen MR) is 114 cm³/mol. The number of hydrogen-bond donors (Lipinski definition) is 1. The molecule has 0 bridgehead atoms. The van der Waals surface area contributed by atoms with Gasteiger partial charge in [-0.1, -0.05) is 23.9 Å². The molecule has 1 saturated heterocycles. The molecule has 1 aromatic carbocycles. The number of piperazine rings is 1. The van der Waals surface area contributed by atoms with Crippen molar-refractivity contribution >= 4 is 23.6 Å². The van der Waals surface area contributed by atoms with Crippen LogP contribution in [-0.4, -0.2) is 81.4 Å². The number of H-pyrrole nitrogens is 1. The minimum absolute atomic E-state index is 0.0344. The molecule has 4 heterocycles. The van der Waals surface area contributed by atoms with E-state index in [1.165, 1.54) is 11.8 Å². The van der Waals surface area contributed by atoms with Crippen LogP contribution in [0.25, 0.3) is 11.6 Å². The summed E-state index contributed by atoms with van der Waals surface area (Å²) in [5.74, 6) is 1.63. The van der Waals surface area contributed by atoms with Crippen LogP contribution in [0.3, 0.4) is 0 Å². The Balaban J connectivity index is 1.09. The van der Waals surface area contributed by atoms with Crippen molar-refractivity contribution in [1.82, 2.24) is 25.0 Å². The summed E-state index contributed by atoms with van der Waals surface area (Å²) in [6.45, 7) is 2.02. The zero-order chi connectivity index (χ0) is 21.9. The summed E-state index contributed by atoms with van der Waals surface area (Å²) >= 11 is 1.20. The highest BCUT2D eigenvalue weighted by molar-refractivity contribution is 7.99. The highest BCUT2D eigenvalue weighted by atomic mass is 32.2. The van der Waals surface area contributed by atoms with Crippen molar-refractivity contribution in [2.75, 3.05) is 38.5 Å². The maximum atomic E-state index is 12.8. The van der Waals surface area contributed by atoms with Crippen LogP contribution in [0.15, 0.2) is 52.2 Å². The molecule has 2 aliphatic rings. The van der Waals surface area contributed by atoms with Crippen LogP contribution in [0.5, 0.6) is 11.5 Å². The second-order valence-corrected chi connectivity index (χ2v) is 8.24. The number of para-hydroxylation sites is 2. The molecule has 2 aromatic heterocycles. The highest BCUT2D eigenvalue weighted by Gasteiger charge is 2.33. The summed E-state index contributed by atoms with van der Waals surface area (Å²) in [6.07, 6.45) is 1.10. The van der Waals surface area contributed by atoms with Gasteiger partial charge in [-0.2, -0.15) is 0 Å². The van der Waals surface area contributed by atoms with Gasteiger partial charge in [0.25, 0.3) is 17.0 Å². The van der Waals surface area contributed by atoms with Crippen molar-refractivity contribution < 1.29 is 23.5 Å². The van der Waals surface area contributed by atoms with E-state index in [0.29, 0.717) is 48.8 Å². The zero-order valence-electron chi connectivity index (χ0n) is 17.1. The van der Waals surface area contributed by atoms with Crippen LogP contribution in [0.4, 0.5) is 0 Å². The number of carbonyl (C=O) groups is 2. The number of amides is 2. The van der Waals surface area contributed by atoms with E-state index in [2.05, 4.69) is 15.2 Å². The lowest BCUT2D eigenvalue weighted by atomic mass is 10.2. The van der Waals surface area contributed by atoms with Crippen molar-refractivity contribution in [3.8, 4) is 23.1 Å². The Hall–Kier alpha value is -3.47. The molecule has 0 aliphatic carbocycles. The average molecular weight is 455 g/mol. The van der Waals surface area contributed by atoms with Gasteiger partial charge in [-0.15, -0.1) is 10.2 Å². The Morgan fingerprint density at radius 2 is 1.81 bits per heavy atom. The number of carbonyl (C=O) groups excluding carboxylic acids is 2. The number of aromatic nitrogens is 3. The van der Waals surface area contributed by atoms with Crippen LogP contribution in [0, 0.1) is 0 Å². The molecule has 32 heavy (non-hydrogen) atoms. The minimum Gasteiger partial charge on any atom is -0.485 e. The first-order valence-corrected chi connectivity index (χ1v) is 11.2. The lowest BCUT2D eigenvalue weighted by Crippen LogP contribution is -2.55. The van der Waals surface area contributed by atoms with Gasteiger partial charge >= 0.3 is 0 Å². The molecule has 11 heteroatoms. The van der Waals surface area contributed by atoms with E-state index in [1.54, 1.807) is 22.1 Å². The molecular formula is C21H21N5O5S. The van der Waals surface area contributed by atoms with Gasteiger partial charge in [0, 0.05) is 32.4 Å². The van der Waals surface area contributed by atoms with Crippen LogP contribution in [0.1, 0.15) is 0 Å². The number of thioether (sulfide) groups is 1. The van der Waals surface area contributed by atoms with E-state index in [4.69, 9.17) is 13.9 Å². The van der Waals surface area contributed by atoms with Gasteiger partial charge in [0.15, 0.2) is 11.5 Å². The van der Waals surface area contributed by atoms with Gasteiger partial charge in [0.1, 0.15) is 12.3 Å². The number of nitrogens with one attached hydrogen (secondary N) is 1. The van der Waals surface area contributed by atoms with Gasteiger partial charge in [-0.3, -0.25) is 9.59 Å². The molecule has 10 nitrogen and oxygen atoms in total. The van der Waals surface area contributed by atoms with Crippen molar-refractivity contribution in [1.29, 1.82) is 0 Å². The molecule has 2 aliphatic heterocycles. The van der Waals surface area contributed by atoms with Crippen LogP contribution >= 0.6 is 11.8 Å². The van der Waals surface area contributed by atoms with E-state index in [-0.39, 0.29) is 24.2 Å². The first-order valence-electron chi connectivity index (χ1n) is 10.2. The monoisotopic (exact) mass is 455 g/mol. The van der Waals surface area contributed by atoms with Crippen molar-refractivity contribution in [3.63, 3.8) is 0 Å². The summed E-state index contributed by atoms with van der Waals surface area (Å²) in [5, 5.41) is 8.29. The minimum atomic E-state index is -0.672. The fourth-order valence-corrected chi connectivity index (χ4v) is 4.24. The predicted octanol–water partition coefficient (Wildman–Crippen LogP) is 1.67. The van der Waals surface area contributed by atoms with Gasteiger partial charge in [0.05, 0.1) is 5.75 Å². The number of fused-ring (bicyclic) bond motifs is 1. The lowest BCUT2D eigenvalue weighted by Gasteiger charge is -2.37. The number of ether oxygens (including phenoxy) is 2. The SMILES string of the molecule is O=C(CSc1nnc(-c2ccc[nH]2)o1)N1CCN(C(=O)C2COc3ccccc3O2)CC1. The summed E-state index contributed by atoms with van der Waals surface area (Å²) in [4.78, 5) is 31.9. The topological polar surface area (TPSA) is 114 Å². The Labute approximate surface area is 187 Å². The van der Waals surface area contributed by atoms with E-state index in [9.17, 15) is 9.59 Å². The molecule has 166 valence electrons. The lowest BCUT2D eigenvalue weighted by molar-refractivity contribution is -0.145. The van der Waals surface area contributed by atoms with E-state index in [1.807, 2.05) is 30.3 Å². The molecule has 1 atom stereocenters. The first-order chi connectivity index (χ1) is 15.7. The molecule has 1 fully saturated rings. The Morgan fingerprint density at radius 3 is 2.59 bits per heavy atom. The third-order valence-electron chi connectivity index (χ3n) is 5.28. The van der Waals surface area contributed by atoms with Gasteiger partial charge < -0.3 is 28.7 Å². The van der Waals surface area contributed by atoms with Crippen LogP contribution < -0.4 is 9.47 Å². The molecule has 0 radical (unpaired) electrons. The first kappa shape index (κ1) is 20.4. The number of rotatable bonds is 5. The molecule has 0 spiro atoms. The zero-order valence-corrected chi connectivity index (χ0v) is 17.9. The van der Waals surface area contributed by atoms with Gasteiger partial charge in [0.2, 0.25) is 12.0 Å². The summed E-state index contributed by atoms with van der Waals surface area (Å²) in [5.41, 5.74) is 0.729. The van der Waals surface area contributed by atoms with Gasteiger partial charge in [-0.05, 0) is 24.3 Å². The Bertz CT molecular complexity index is 1090. The van der Waals surface area contributed by atoms with Crippen molar-refractivity contribution in [3.05, 3.63) is 42.6 Å². The second kappa shape index (κ2) is 8.95. The summed E-state index contributed by atoms with van der Waals surface area (Å²) < 4.78 is 17.0. The standard InChI is InChI=1S/C21H21N5O5S/c27-18(13-32-21-24-23-19(31-21)14-4-3-7-22-14)25-8-10-26(11-9-25)20(28)17-12-29-15-5-1-2-6-16(15)30-17/h1-7,17,22H,8-13H2. The molecule has 1 unspecified atom stereocenters. The van der Waals surface area contributed by atoms with E-state index in [0.717, 1.165) is 5.69 Å². The smallest absolute Gasteiger partial charge is 0.277 e. The largest absolute Gasteiger partial charge is 0.485 e. The third kappa shape index (κ3) is 4.28. The Kier molecular flexibility index (Phi) is 5.71. The maximum absolute atomic E-state index is 12.8. The fraction of sp³-hybridized carbons (Fsp3) is 0.333.